The molecule has 0 aliphatic carbocycles. The zero-order valence-electron chi connectivity index (χ0n) is 12.6. The summed E-state index contributed by atoms with van der Waals surface area (Å²) < 4.78 is 0.842. The molecule has 2 bridgehead atoms. The van der Waals surface area contributed by atoms with Crippen LogP contribution in [0.4, 0.5) is 10.5 Å². The molecular weight excluding hydrogens is 413 g/mol. The van der Waals surface area contributed by atoms with E-state index in [1.807, 2.05) is 11.1 Å². The van der Waals surface area contributed by atoms with Crippen molar-refractivity contribution in [2.24, 2.45) is 0 Å². The number of nitrogens with one attached hydrogen (secondary N) is 1. The van der Waals surface area contributed by atoms with Crippen LogP contribution in [0.15, 0.2) is 35.1 Å². The van der Waals surface area contributed by atoms with E-state index >= 15 is 0 Å². The number of amides is 2. The number of nitrogens with zero attached hydrogens (tertiary/aromatic N) is 2. The SMILES string of the molecule is O=C(Nc1ccc(Cl)c(Cl)c1)N1[C@H]2CC[C@@H]1c1cnc(Br)cc1C2. The summed E-state index contributed by atoms with van der Waals surface area (Å²) in [6, 6.07) is 7.37. The molecule has 24 heavy (non-hydrogen) atoms. The fraction of sp³-hybridized carbons (Fsp3) is 0.294. The van der Waals surface area contributed by atoms with Gasteiger partial charge in [-0.05, 0) is 70.6 Å². The lowest BCUT2D eigenvalue weighted by atomic mass is 9.95. The molecule has 3 heterocycles. The van der Waals surface area contributed by atoms with Crippen LogP contribution in [0.25, 0.3) is 0 Å². The van der Waals surface area contributed by atoms with Crippen molar-refractivity contribution in [1.29, 1.82) is 0 Å². The number of aromatic nitrogens is 1. The molecule has 2 amide bonds. The Morgan fingerprint density at radius 1 is 1.25 bits per heavy atom. The van der Waals surface area contributed by atoms with Gasteiger partial charge in [-0.25, -0.2) is 9.78 Å². The lowest BCUT2D eigenvalue weighted by Crippen LogP contribution is -2.44. The molecule has 1 aromatic heterocycles. The van der Waals surface area contributed by atoms with E-state index in [-0.39, 0.29) is 18.1 Å². The van der Waals surface area contributed by atoms with E-state index in [0.717, 1.165) is 29.4 Å². The van der Waals surface area contributed by atoms with Crippen LogP contribution in [0.2, 0.25) is 10.0 Å². The molecule has 2 aliphatic rings. The molecule has 0 unspecified atom stereocenters. The summed E-state index contributed by atoms with van der Waals surface area (Å²) in [4.78, 5) is 19.1. The summed E-state index contributed by atoms with van der Waals surface area (Å²) in [5.41, 5.74) is 3.08. The first-order chi connectivity index (χ1) is 11.5. The highest BCUT2D eigenvalue weighted by atomic mass is 79.9. The number of hydrogen-bond acceptors (Lipinski definition) is 2. The van der Waals surface area contributed by atoms with Gasteiger partial charge in [-0.3, -0.25) is 0 Å². The van der Waals surface area contributed by atoms with E-state index in [1.54, 1.807) is 18.2 Å². The van der Waals surface area contributed by atoms with Crippen LogP contribution in [0, 0.1) is 0 Å². The minimum Gasteiger partial charge on any atom is -0.314 e. The number of pyridine rings is 1. The minimum absolute atomic E-state index is 0.0853. The Balaban J connectivity index is 1.59. The van der Waals surface area contributed by atoms with E-state index < -0.39 is 0 Å². The maximum Gasteiger partial charge on any atom is 0.322 e. The number of hydrogen-bond donors (Lipinski definition) is 1. The Labute approximate surface area is 158 Å². The lowest BCUT2D eigenvalue weighted by molar-refractivity contribution is 0.179. The first-order valence-electron chi connectivity index (χ1n) is 7.71. The molecule has 1 fully saturated rings. The summed E-state index contributed by atoms with van der Waals surface area (Å²) >= 11 is 15.4. The maximum atomic E-state index is 12.8. The van der Waals surface area contributed by atoms with E-state index in [4.69, 9.17) is 23.2 Å². The Morgan fingerprint density at radius 2 is 2.08 bits per heavy atom. The van der Waals surface area contributed by atoms with E-state index in [1.165, 1.54) is 5.56 Å². The van der Waals surface area contributed by atoms with Crippen molar-refractivity contribution in [3.05, 3.63) is 56.2 Å². The highest BCUT2D eigenvalue weighted by Crippen LogP contribution is 2.44. The van der Waals surface area contributed by atoms with Gasteiger partial charge in [0.2, 0.25) is 0 Å². The van der Waals surface area contributed by atoms with Gasteiger partial charge in [-0.1, -0.05) is 23.2 Å². The van der Waals surface area contributed by atoms with Crippen LogP contribution < -0.4 is 5.32 Å². The van der Waals surface area contributed by atoms with Gasteiger partial charge in [0.15, 0.2) is 0 Å². The number of benzene rings is 1. The van der Waals surface area contributed by atoms with E-state index in [9.17, 15) is 4.79 Å². The summed E-state index contributed by atoms with van der Waals surface area (Å²) in [5.74, 6) is 0. The van der Waals surface area contributed by atoms with Crippen LogP contribution in [0.1, 0.15) is 30.0 Å². The van der Waals surface area contributed by atoms with Gasteiger partial charge < -0.3 is 10.2 Å². The van der Waals surface area contributed by atoms with Gasteiger partial charge in [0.1, 0.15) is 4.60 Å². The van der Waals surface area contributed by atoms with Gasteiger partial charge in [-0.2, -0.15) is 0 Å². The molecule has 2 aliphatic heterocycles. The quantitative estimate of drug-likeness (QED) is 0.616. The minimum atomic E-state index is -0.102. The lowest BCUT2D eigenvalue weighted by Gasteiger charge is -2.36. The van der Waals surface area contributed by atoms with Gasteiger partial charge in [-0.15, -0.1) is 0 Å². The Hall–Kier alpha value is -1.30. The van der Waals surface area contributed by atoms with Gasteiger partial charge in [0, 0.05) is 17.9 Å². The van der Waals surface area contributed by atoms with E-state index in [0.29, 0.717) is 15.7 Å². The zero-order chi connectivity index (χ0) is 16.8. The van der Waals surface area contributed by atoms with Crippen molar-refractivity contribution in [3.8, 4) is 0 Å². The van der Waals surface area contributed by atoms with Gasteiger partial charge in [0.25, 0.3) is 0 Å². The summed E-state index contributed by atoms with van der Waals surface area (Å²) in [5, 5.41) is 3.83. The molecule has 0 spiro atoms. The third-order valence-corrected chi connectivity index (χ3v) is 5.89. The second kappa shape index (κ2) is 6.21. The first kappa shape index (κ1) is 16.2. The molecule has 2 aromatic rings. The van der Waals surface area contributed by atoms with Crippen LogP contribution in [-0.2, 0) is 6.42 Å². The predicted molar refractivity (Wildman–Crippen MR) is 98.7 cm³/mol. The number of fused-ring (bicyclic) bond motifs is 4. The normalized spacial score (nSPS) is 21.5. The van der Waals surface area contributed by atoms with Crippen molar-refractivity contribution in [1.82, 2.24) is 9.88 Å². The van der Waals surface area contributed by atoms with Crippen LogP contribution >= 0.6 is 39.1 Å². The number of anilines is 1. The van der Waals surface area contributed by atoms with Crippen molar-refractivity contribution >= 4 is 50.9 Å². The monoisotopic (exact) mass is 425 g/mol. The standard InChI is InChI=1S/C17H14BrCl2N3O/c18-16-6-9-5-11-2-4-15(12(9)8-21-16)23(11)17(24)22-10-1-3-13(19)14(20)7-10/h1,3,6-8,11,15H,2,4-5H2,(H,22,24)/t11-,15+/m0/s1. The molecule has 1 saturated heterocycles. The topological polar surface area (TPSA) is 45.2 Å². The Morgan fingerprint density at radius 3 is 2.88 bits per heavy atom. The Kier molecular flexibility index (Phi) is 4.19. The highest BCUT2D eigenvalue weighted by Gasteiger charge is 2.42. The third kappa shape index (κ3) is 2.79. The van der Waals surface area contributed by atoms with Crippen molar-refractivity contribution < 1.29 is 4.79 Å². The van der Waals surface area contributed by atoms with Crippen LogP contribution in [0.5, 0.6) is 0 Å². The summed E-state index contributed by atoms with van der Waals surface area (Å²) in [6.45, 7) is 0. The van der Waals surface area contributed by atoms with E-state index in [2.05, 4.69) is 32.3 Å². The van der Waals surface area contributed by atoms with Crippen molar-refractivity contribution in [2.45, 2.75) is 31.3 Å². The average Bonchev–Trinajstić information content (AvgIpc) is 2.86. The molecule has 0 radical (unpaired) electrons. The molecule has 1 N–H and O–H groups in total. The summed E-state index contributed by atoms with van der Waals surface area (Å²) in [6.07, 6.45) is 4.72. The number of urea groups is 1. The van der Waals surface area contributed by atoms with Crippen LogP contribution in [0.3, 0.4) is 0 Å². The smallest absolute Gasteiger partial charge is 0.314 e. The first-order valence-corrected chi connectivity index (χ1v) is 9.26. The zero-order valence-corrected chi connectivity index (χ0v) is 15.7. The molecule has 7 heteroatoms. The molecule has 124 valence electrons. The van der Waals surface area contributed by atoms with Gasteiger partial charge >= 0.3 is 6.03 Å². The maximum absolute atomic E-state index is 12.8. The second-order valence-electron chi connectivity index (χ2n) is 6.12. The van der Waals surface area contributed by atoms with Crippen molar-refractivity contribution in [2.75, 3.05) is 5.32 Å². The van der Waals surface area contributed by atoms with Crippen LogP contribution in [-0.4, -0.2) is 22.0 Å². The molecule has 0 saturated carbocycles. The number of carbonyl (C=O) groups is 1. The average molecular weight is 427 g/mol. The number of rotatable bonds is 1. The number of carbonyl (C=O) groups excluding carboxylic acids is 1. The highest BCUT2D eigenvalue weighted by molar-refractivity contribution is 9.10. The fourth-order valence-corrected chi connectivity index (χ4v) is 4.34. The largest absolute Gasteiger partial charge is 0.322 e. The Bertz CT molecular complexity index is 829. The molecule has 2 atom stereocenters. The predicted octanol–water partition coefficient (Wildman–Crippen LogP) is 5.44. The fourth-order valence-electron chi connectivity index (χ4n) is 3.67. The summed E-state index contributed by atoms with van der Waals surface area (Å²) in [7, 11) is 0. The van der Waals surface area contributed by atoms with Gasteiger partial charge in [0.05, 0.1) is 16.1 Å². The molecule has 4 nitrogen and oxygen atoms in total. The second-order valence-corrected chi connectivity index (χ2v) is 7.75. The third-order valence-electron chi connectivity index (χ3n) is 4.71. The van der Waals surface area contributed by atoms with Crippen molar-refractivity contribution in [3.63, 3.8) is 0 Å². The molecule has 4 rings (SSSR count). The number of halogens is 3. The molecule has 1 aromatic carbocycles. The molecular formula is C17H14BrCl2N3O.